The third kappa shape index (κ3) is 1.36. The largest absolute Gasteiger partial charge is 0.400 e. The molecule has 5 heteroatoms. The van der Waals surface area contributed by atoms with Crippen LogP contribution in [0.2, 0.25) is 0 Å². The summed E-state index contributed by atoms with van der Waals surface area (Å²) in [6, 6.07) is 0. The fourth-order valence-corrected chi connectivity index (χ4v) is 2.53. The van der Waals surface area contributed by atoms with Crippen molar-refractivity contribution in [2.75, 3.05) is 13.2 Å². The van der Waals surface area contributed by atoms with E-state index in [9.17, 15) is 0 Å². The molecule has 2 bridgehead atoms. The predicted octanol–water partition coefficient (Wildman–Crippen LogP) is -0.658. The van der Waals surface area contributed by atoms with Crippen molar-refractivity contribution < 1.29 is 4.74 Å². The molecule has 2 aliphatic carbocycles. The number of hydrogen-bond donors (Lipinski definition) is 4. The zero-order valence-electron chi connectivity index (χ0n) is 9.57. The Morgan fingerprint density at radius 2 is 2.06 bits per heavy atom. The minimum Gasteiger partial charge on any atom is -0.400 e. The molecule has 0 spiro atoms. The van der Waals surface area contributed by atoms with Crippen LogP contribution in [0, 0.1) is 11.3 Å². The van der Waals surface area contributed by atoms with Crippen LogP contribution in [0.15, 0.2) is 23.5 Å². The number of nitrogens with two attached hydrogens (primary N) is 4. The second kappa shape index (κ2) is 3.48. The van der Waals surface area contributed by atoms with Crippen LogP contribution in [0.25, 0.3) is 0 Å². The van der Waals surface area contributed by atoms with Crippen LogP contribution < -0.4 is 22.9 Å². The molecule has 0 saturated heterocycles. The van der Waals surface area contributed by atoms with Crippen LogP contribution in [-0.4, -0.2) is 18.9 Å². The second-order valence-electron chi connectivity index (χ2n) is 4.72. The third-order valence-electron chi connectivity index (χ3n) is 3.70. The van der Waals surface area contributed by atoms with Gasteiger partial charge in [-0.05, 0) is 13.3 Å². The summed E-state index contributed by atoms with van der Waals surface area (Å²) in [5.41, 5.74) is 23.7. The van der Waals surface area contributed by atoms with Crippen LogP contribution in [0.5, 0.6) is 0 Å². The average molecular weight is 224 g/mol. The van der Waals surface area contributed by atoms with Crippen LogP contribution >= 0.6 is 0 Å². The maximum atomic E-state index is 6.07. The van der Waals surface area contributed by atoms with Gasteiger partial charge in [0, 0.05) is 18.2 Å². The highest BCUT2D eigenvalue weighted by atomic mass is 16.5. The monoisotopic (exact) mass is 224 g/mol. The van der Waals surface area contributed by atoms with Gasteiger partial charge in [-0.2, -0.15) is 0 Å². The van der Waals surface area contributed by atoms with Crippen molar-refractivity contribution >= 4 is 0 Å². The number of hydrogen-bond acceptors (Lipinski definition) is 5. The fourth-order valence-electron chi connectivity index (χ4n) is 2.53. The smallest absolute Gasteiger partial charge is 0.113 e. The second-order valence-corrected chi connectivity index (χ2v) is 4.72. The predicted molar refractivity (Wildman–Crippen MR) is 62.7 cm³/mol. The lowest BCUT2D eigenvalue weighted by Crippen LogP contribution is -2.62. The molecule has 0 heterocycles. The van der Waals surface area contributed by atoms with Gasteiger partial charge in [-0.25, -0.2) is 0 Å². The lowest BCUT2D eigenvalue weighted by atomic mass is 9.72. The minimum absolute atomic E-state index is 0.0419. The van der Waals surface area contributed by atoms with E-state index in [-0.39, 0.29) is 11.3 Å². The topological polar surface area (TPSA) is 113 Å². The molecule has 0 aromatic rings. The minimum atomic E-state index is -1.02. The molecular weight excluding hydrogens is 204 g/mol. The third-order valence-corrected chi connectivity index (χ3v) is 3.70. The van der Waals surface area contributed by atoms with Crippen molar-refractivity contribution in [3.8, 4) is 0 Å². The van der Waals surface area contributed by atoms with Crippen molar-refractivity contribution in [1.29, 1.82) is 0 Å². The molecular formula is C11H20N4O. The first kappa shape index (κ1) is 11.4. The molecule has 0 aliphatic heterocycles. The Morgan fingerprint density at radius 1 is 1.38 bits per heavy atom. The van der Waals surface area contributed by atoms with Crippen LogP contribution in [0.4, 0.5) is 0 Å². The van der Waals surface area contributed by atoms with Gasteiger partial charge in [0.2, 0.25) is 0 Å². The van der Waals surface area contributed by atoms with E-state index in [1.54, 1.807) is 0 Å². The van der Waals surface area contributed by atoms with Gasteiger partial charge in [0.05, 0.1) is 17.7 Å². The molecule has 0 aromatic carbocycles. The zero-order chi connectivity index (χ0) is 12.0. The van der Waals surface area contributed by atoms with E-state index in [0.29, 0.717) is 24.6 Å². The van der Waals surface area contributed by atoms with Crippen LogP contribution in [0.1, 0.15) is 13.3 Å². The highest BCUT2D eigenvalue weighted by Crippen LogP contribution is 2.48. The van der Waals surface area contributed by atoms with Crippen molar-refractivity contribution in [3.63, 3.8) is 0 Å². The zero-order valence-corrected chi connectivity index (χ0v) is 9.57. The molecule has 90 valence electrons. The lowest BCUT2D eigenvalue weighted by Gasteiger charge is -2.42. The van der Waals surface area contributed by atoms with Gasteiger partial charge in [-0.15, -0.1) is 0 Å². The van der Waals surface area contributed by atoms with Crippen LogP contribution in [0.3, 0.4) is 0 Å². The first-order valence-electron chi connectivity index (χ1n) is 5.55. The molecule has 2 rings (SSSR count). The van der Waals surface area contributed by atoms with Gasteiger partial charge in [0.25, 0.3) is 0 Å². The number of fused-ring (bicyclic) bond motifs is 2. The van der Waals surface area contributed by atoms with E-state index >= 15 is 0 Å². The Morgan fingerprint density at radius 3 is 2.69 bits per heavy atom. The Hall–Kier alpha value is -1.04. The number of ether oxygens (including phenoxy) is 1. The molecule has 2 atom stereocenters. The van der Waals surface area contributed by atoms with Gasteiger partial charge in [-0.3, -0.25) is 0 Å². The van der Waals surface area contributed by atoms with Crippen LogP contribution in [-0.2, 0) is 4.74 Å². The number of rotatable bonds is 3. The molecule has 16 heavy (non-hydrogen) atoms. The molecule has 2 aliphatic rings. The van der Waals surface area contributed by atoms with E-state index in [0.717, 1.165) is 6.42 Å². The summed E-state index contributed by atoms with van der Waals surface area (Å²) in [5, 5.41) is 0. The van der Waals surface area contributed by atoms with E-state index < -0.39 is 5.66 Å². The Kier molecular flexibility index (Phi) is 2.49. The Bertz CT molecular complexity index is 361. The molecule has 2 unspecified atom stereocenters. The Labute approximate surface area is 95.5 Å². The lowest BCUT2D eigenvalue weighted by molar-refractivity contribution is 0.0774. The maximum absolute atomic E-state index is 6.07. The van der Waals surface area contributed by atoms with E-state index in [1.165, 1.54) is 0 Å². The maximum Gasteiger partial charge on any atom is 0.113 e. The van der Waals surface area contributed by atoms with Gasteiger partial charge < -0.3 is 27.7 Å². The molecule has 8 N–H and O–H groups in total. The highest BCUT2D eigenvalue weighted by Gasteiger charge is 2.51. The summed E-state index contributed by atoms with van der Waals surface area (Å²) in [6.45, 7) is 3.15. The van der Waals surface area contributed by atoms with Gasteiger partial charge in [0.1, 0.15) is 5.66 Å². The first-order valence-corrected chi connectivity index (χ1v) is 5.55. The first-order chi connectivity index (χ1) is 7.44. The van der Waals surface area contributed by atoms with Crippen molar-refractivity contribution in [2.45, 2.75) is 19.0 Å². The SMILES string of the molecule is CCOCC12C=CC(C1)C(N)(N)C(N)=C2N. The summed E-state index contributed by atoms with van der Waals surface area (Å²) >= 11 is 0. The van der Waals surface area contributed by atoms with Crippen molar-refractivity contribution in [3.05, 3.63) is 23.5 Å². The Balaban J connectivity index is 2.37. The molecule has 0 saturated carbocycles. The summed E-state index contributed by atoms with van der Waals surface area (Å²) in [4.78, 5) is 0. The van der Waals surface area contributed by atoms with Crippen molar-refractivity contribution in [1.82, 2.24) is 0 Å². The molecule has 0 radical (unpaired) electrons. The summed E-state index contributed by atoms with van der Waals surface area (Å²) < 4.78 is 5.48. The van der Waals surface area contributed by atoms with Crippen molar-refractivity contribution in [2.24, 2.45) is 34.3 Å². The summed E-state index contributed by atoms with van der Waals surface area (Å²) in [5.74, 6) is 0.0419. The average Bonchev–Trinajstić information content (AvgIpc) is 2.67. The van der Waals surface area contributed by atoms with E-state index in [2.05, 4.69) is 0 Å². The summed E-state index contributed by atoms with van der Waals surface area (Å²) in [7, 11) is 0. The van der Waals surface area contributed by atoms with Gasteiger partial charge >= 0.3 is 0 Å². The summed E-state index contributed by atoms with van der Waals surface area (Å²) in [6.07, 6.45) is 4.83. The molecule has 5 nitrogen and oxygen atoms in total. The van der Waals surface area contributed by atoms with E-state index in [1.807, 2.05) is 19.1 Å². The normalized spacial score (nSPS) is 35.8. The molecule has 0 amide bonds. The molecule has 0 fully saturated rings. The highest BCUT2D eigenvalue weighted by molar-refractivity contribution is 5.40. The van der Waals surface area contributed by atoms with E-state index in [4.69, 9.17) is 27.7 Å². The van der Waals surface area contributed by atoms with Gasteiger partial charge in [-0.1, -0.05) is 12.2 Å². The fraction of sp³-hybridized carbons (Fsp3) is 0.636. The quantitative estimate of drug-likeness (QED) is 0.375. The standard InChI is InChI=1S/C11H20N4O/c1-2-16-6-10-4-3-7(5-10)11(14,15)9(13)8(10)12/h3-4,7H,2,5-6,12-15H2,1H3. The van der Waals surface area contributed by atoms with Gasteiger partial charge in [0.15, 0.2) is 0 Å². The molecule has 0 aromatic heterocycles.